The molecule has 1 saturated heterocycles. The minimum atomic E-state index is -5.03. The summed E-state index contributed by atoms with van der Waals surface area (Å²) in [4.78, 5) is 37.8. The number of carboxylic acids is 1. The molecule has 2 heterocycles. The summed E-state index contributed by atoms with van der Waals surface area (Å²) in [6, 6.07) is 7.90. The SMILES string of the molecule is Nc1sc(C=C2SC(=S)N(CCC(=O)Nc3ccc(C(=O)O)cc3)C2=O)cc1-c1cc(C(F)(F)F)cc(C(F)(F)F)c1. The topological polar surface area (TPSA) is 113 Å². The van der Waals surface area contributed by atoms with Gasteiger partial charge in [-0.3, -0.25) is 14.5 Å². The van der Waals surface area contributed by atoms with Gasteiger partial charge in [0.1, 0.15) is 4.32 Å². The molecule has 7 nitrogen and oxygen atoms in total. The van der Waals surface area contributed by atoms with Gasteiger partial charge in [-0.15, -0.1) is 11.3 Å². The van der Waals surface area contributed by atoms with E-state index in [4.69, 9.17) is 23.1 Å². The molecule has 4 rings (SSSR count). The van der Waals surface area contributed by atoms with E-state index >= 15 is 0 Å². The Bertz CT molecular complexity index is 1580. The number of carbonyl (C=O) groups excluding carboxylic acids is 2. The van der Waals surface area contributed by atoms with Crippen LogP contribution in [-0.4, -0.2) is 38.7 Å². The highest BCUT2D eigenvalue weighted by Crippen LogP contribution is 2.43. The molecule has 0 bridgehead atoms. The summed E-state index contributed by atoms with van der Waals surface area (Å²) >= 11 is 7.01. The number of nitrogens with zero attached hydrogens (tertiary/aromatic N) is 1. The van der Waals surface area contributed by atoms with Gasteiger partial charge in [-0.05, 0) is 60.2 Å². The number of hydrogen-bond acceptors (Lipinski definition) is 7. The predicted octanol–water partition coefficient (Wildman–Crippen LogP) is 6.96. The van der Waals surface area contributed by atoms with Crippen molar-refractivity contribution < 1.29 is 45.8 Å². The molecule has 0 radical (unpaired) electrons. The van der Waals surface area contributed by atoms with Gasteiger partial charge in [0.15, 0.2) is 0 Å². The number of aromatic carboxylic acids is 1. The molecule has 16 heteroatoms. The van der Waals surface area contributed by atoms with E-state index in [9.17, 15) is 40.7 Å². The third kappa shape index (κ3) is 7.11. The third-order valence-corrected chi connectivity index (χ3v) is 8.09. The molecular weight excluding hydrogens is 628 g/mol. The second kappa shape index (κ2) is 11.8. The van der Waals surface area contributed by atoms with Crippen molar-refractivity contribution in [2.45, 2.75) is 18.8 Å². The average molecular weight is 646 g/mol. The van der Waals surface area contributed by atoms with Crippen molar-refractivity contribution in [3.8, 4) is 11.1 Å². The van der Waals surface area contributed by atoms with E-state index in [1.165, 1.54) is 41.3 Å². The molecule has 42 heavy (non-hydrogen) atoms. The summed E-state index contributed by atoms with van der Waals surface area (Å²) < 4.78 is 79.9. The van der Waals surface area contributed by atoms with Gasteiger partial charge in [0, 0.05) is 29.1 Å². The Morgan fingerprint density at radius 3 is 2.14 bits per heavy atom. The minimum absolute atomic E-state index is 0.0215. The number of nitrogens with two attached hydrogens (primary N) is 1. The summed E-state index contributed by atoms with van der Waals surface area (Å²) in [5.74, 6) is -2.13. The lowest BCUT2D eigenvalue weighted by Crippen LogP contribution is -2.31. The number of amides is 2. The van der Waals surface area contributed by atoms with Crippen LogP contribution >= 0.6 is 35.3 Å². The second-order valence-electron chi connectivity index (χ2n) is 8.74. The molecule has 0 saturated carbocycles. The molecule has 1 fully saturated rings. The predicted molar refractivity (Wildman–Crippen MR) is 151 cm³/mol. The number of halogens is 6. The number of thiophene rings is 1. The molecule has 220 valence electrons. The van der Waals surface area contributed by atoms with Gasteiger partial charge in [0.2, 0.25) is 5.91 Å². The van der Waals surface area contributed by atoms with Crippen LogP contribution in [0.1, 0.15) is 32.8 Å². The highest BCUT2D eigenvalue weighted by Gasteiger charge is 2.37. The summed E-state index contributed by atoms with van der Waals surface area (Å²) in [5, 5.41) is 11.5. The van der Waals surface area contributed by atoms with Gasteiger partial charge in [0.25, 0.3) is 5.91 Å². The number of hydrogen-bond donors (Lipinski definition) is 3. The van der Waals surface area contributed by atoms with E-state index in [2.05, 4.69) is 5.32 Å². The normalized spacial score (nSPS) is 15.0. The maximum Gasteiger partial charge on any atom is 0.416 e. The number of thioether (sulfide) groups is 1. The molecule has 2 aromatic carbocycles. The van der Waals surface area contributed by atoms with Crippen molar-refractivity contribution >= 4 is 74.2 Å². The van der Waals surface area contributed by atoms with Crippen LogP contribution in [0.5, 0.6) is 0 Å². The second-order valence-corrected chi connectivity index (χ2v) is 11.5. The number of carbonyl (C=O) groups is 3. The number of anilines is 2. The zero-order chi connectivity index (χ0) is 31.0. The molecule has 0 spiro atoms. The summed E-state index contributed by atoms with van der Waals surface area (Å²) in [7, 11) is 0. The molecule has 3 aromatic rings. The zero-order valence-electron chi connectivity index (χ0n) is 20.8. The fourth-order valence-electron chi connectivity index (χ4n) is 3.79. The fourth-order valence-corrected chi connectivity index (χ4v) is 6.06. The van der Waals surface area contributed by atoms with Gasteiger partial charge in [-0.2, -0.15) is 26.3 Å². The molecule has 1 aliphatic rings. The van der Waals surface area contributed by atoms with E-state index in [0.29, 0.717) is 17.8 Å². The average Bonchev–Trinajstić information content (AvgIpc) is 3.39. The maximum atomic E-state index is 13.3. The van der Waals surface area contributed by atoms with Gasteiger partial charge in [-0.25, -0.2) is 4.79 Å². The highest BCUT2D eigenvalue weighted by molar-refractivity contribution is 8.26. The fraction of sp³-hybridized carbons (Fsp3) is 0.154. The maximum absolute atomic E-state index is 13.3. The van der Waals surface area contributed by atoms with Crippen LogP contribution in [0, 0.1) is 0 Å². The van der Waals surface area contributed by atoms with E-state index in [0.717, 1.165) is 23.1 Å². The van der Waals surface area contributed by atoms with Gasteiger partial charge < -0.3 is 16.2 Å². The van der Waals surface area contributed by atoms with E-state index in [1.807, 2.05) is 0 Å². The Hall–Kier alpha value is -3.89. The van der Waals surface area contributed by atoms with Crippen molar-refractivity contribution in [2.24, 2.45) is 0 Å². The van der Waals surface area contributed by atoms with Crippen LogP contribution in [0.15, 0.2) is 53.4 Å². The van der Waals surface area contributed by atoms with Crippen LogP contribution in [0.25, 0.3) is 17.2 Å². The van der Waals surface area contributed by atoms with Crippen LogP contribution in [0.4, 0.5) is 37.0 Å². The van der Waals surface area contributed by atoms with Crippen molar-refractivity contribution in [1.29, 1.82) is 0 Å². The molecule has 0 unspecified atom stereocenters. The van der Waals surface area contributed by atoms with Gasteiger partial charge in [0.05, 0.1) is 26.6 Å². The monoisotopic (exact) mass is 645 g/mol. The van der Waals surface area contributed by atoms with Gasteiger partial charge >= 0.3 is 18.3 Å². The highest BCUT2D eigenvalue weighted by atomic mass is 32.2. The summed E-state index contributed by atoms with van der Waals surface area (Å²) in [5.41, 5.74) is 2.92. The first kappa shape index (κ1) is 31.1. The zero-order valence-corrected chi connectivity index (χ0v) is 23.2. The molecule has 1 aromatic heterocycles. The number of thiocarbonyl (C=S) groups is 1. The number of carboxylic acid groups (broad SMARTS) is 1. The van der Waals surface area contributed by atoms with Crippen molar-refractivity contribution in [1.82, 2.24) is 4.90 Å². The molecule has 0 atom stereocenters. The first-order valence-corrected chi connectivity index (χ1v) is 13.6. The molecule has 2 amide bonds. The lowest BCUT2D eigenvalue weighted by Gasteiger charge is -2.14. The number of alkyl halides is 6. The first-order valence-electron chi connectivity index (χ1n) is 11.6. The third-order valence-electron chi connectivity index (χ3n) is 5.80. The number of nitrogen functional groups attached to an aromatic ring is 1. The Labute approximate surface area is 247 Å². The Balaban J connectivity index is 1.49. The van der Waals surface area contributed by atoms with E-state index in [-0.39, 0.29) is 54.8 Å². The quantitative estimate of drug-likeness (QED) is 0.145. The van der Waals surface area contributed by atoms with Crippen LogP contribution in [0.2, 0.25) is 0 Å². The molecule has 4 N–H and O–H groups in total. The Kier molecular flexibility index (Phi) is 8.71. The van der Waals surface area contributed by atoms with E-state index < -0.39 is 41.3 Å². The van der Waals surface area contributed by atoms with Crippen molar-refractivity contribution in [3.05, 3.63) is 75.0 Å². The van der Waals surface area contributed by atoms with E-state index in [1.54, 1.807) is 0 Å². The van der Waals surface area contributed by atoms with Crippen LogP contribution in [0.3, 0.4) is 0 Å². The lowest BCUT2D eigenvalue weighted by molar-refractivity contribution is -0.143. The van der Waals surface area contributed by atoms with Gasteiger partial charge in [-0.1, -0.05) is 24.0 Å². The summed E-state index contributed by atoms with van der Waals surface area (Å²) in [6.07, 6.45) is -8.83. The lowest BCUT2D eigenvalue weighted by atomic mass is 10.00. The molecule has 0 aliphatic carbocycles. The first-order chi connectivity index (χ1) is 19.5. The number of benzene rings is 2. The largest absolute Gasteiger partial charge is 0.478 e. The molecular formula is C26H17F6N3O4S3. The summed E-state index contributed by atoms with van der Waals surface area (Å²) in [6.45, 7) is -0.0800. The Morgan fingerprint density at radius 1 is 1.00 bits per heavy atom. The van der Waals surface area contributed by atoms with Crippen LogP contribution < -0.4 is 11.1 Å². The molecule has 1 aliphatic heterocycles. The number of nitrogens with one attached hydrogen (secondary N) is 1. The van der Waals surface area contributed by atoms with Crippen LogP contribution in [-0.2, 0) is 21.9 Å². The Morgan fingerprint density at radius 2 is 1.60 bits per heavy atom. The number of rotatable bonds is 7. The smallest absolute Gasteiger partial charge is 0.416 e. The van der Waals surface area contributed by atoms with Crippen molar-refractivity contribution in [3.63, 3.8) is 0 Å². The minimum Gasteiger partial charge on any atom is -0.478 e. The standard InChI is InChI=1S/C26H17F6N3O4S3/c27-25(28,29)14-7-13(8-15(9-14)26(30,31)32)18-10-17(41-21(18)33)11-19-22(37)35(24(40)42-19)6-5-20(36)34-16-3-1-12(2-4-16)23(38)39/h1-4,7-11H,5-6,33H2,(H,34,36)(H,38,39). The van der Waals surface area contributed by atoms with Crippen molar-refractivity contribution in [2.75, 3.05) is 17.6 Å².